The van der Waals surface area contributed by atoms with Crippen LogP contribution in [0.3, 0.4) is 0 Å². The maximum atomic E-state index is 11.2. The number of nitriles is 1. The van der Waals surface area contributed by atoms with Crippen molar-refractivity contribution in [3.05, 3.63) is 35.4 Å². The molecule has 2 unspecified atom stereocenters. The second-order valence-corrected chi connectivity index (χ2v) is 3.87. The fourth-order valence-electron chi connectivity index (χ4n) is 1.65. The fourth-order valence-corrected chi connectivity index (χ4v) is 1.65. The molecule has 90 valence electrons. The molecule has 0 spiro atoms. The van der Waals surface area contributed by atoms with Gasteiger partial charge in [-0.25, -0.2) is 0 Å². The Kier molecular flexibility index (Phi) is 4.68. The number of nitrogens with zero attached hydrogens (tertiary/aromatic N) is 1. The molecule has 1 N–H and O–H groups in total. The summed E-state index contributed by atoms with van der Waals surface area (Å²) < 4.78 is 4.59. The first-order valence-corrected chi connectivity index (χ1v) is 5.35. The predicted octanol–water partition coefficient (Wildman–Crippen LogP) is 1.79. The summed E-state index contributed by atoms with van der Waals surface area (Å²) in [6, 6.07) is 8.83. The molecule has 1 aromatic carbocycles. The Morgan fingerprint density at radius 2 is 2.18 bits per heavy atom. The van der Waals surface area contributed by atoms with Crippen LogP contribution in [0.5, 0.6) is 0 Å². The lowest BCUT2D eigenvalue weighted by molar-refractivity contribution is -0.145. The highest BCUT2D eigenvalue weighted by Gasteiger charge is 2.20. The molecule has 0 amide bonds. The average molecular weight is 233 g/mol. The van der Waals surface area contributed by atoms with E-state index in [4.69, 9.17) is 5.26 Å². The number of hydrogen-bond acceptors (Lipinski definition) is 4. The maximum absolute atomic E-state index is 11.2. The van der Waals surface area contributed by atoms with Crippen LogP contribution in [-0.4, -0.2) is 18.2 Å². The summed E-state index contributed by atoms with van der Waals surface area (Å²) in [7, 11) is 1.31. The summed E-state index contributed by atoms with van der Waals surface area (Å²) in [5, 5.41) is 18.9. The first-order valence-electron chi connectivity index (χ1n) is 5.35. The van der Waals surface area contributed by atoms with E-state index >= 15 is 0 Å². The predicted molar refractivity (Wildman–Crippen MR) is 61.9 cm³/mol. The second-order valence-electron chi connectivity index (χ2n) is 3.87. The average Bonchev–Trinajstić information content (AvgIpc) is 2.37. The minimum atomic E-state index is -0.833. The lowest BCUT2D eigenvalue weighted by atomic mass is 9.95. The molecule has 0 saturated heterocycles. The van der Waals surface area contributed by atoms with Crippen LogP contribution in [0.4, 0.5) is 0 Å². The highest BCUT2D eigenvalue weighted by molar-refractivity contribution is 5.71. The third kappa shape index (κ3) is 3.30. The molecule has 0 aliphatic carbocycles. The van der Waals surface area contributed by atoms with Crippen molar-refractivity contribution < 1.29 is 14.6 Å². The lowest BCUT2D eigenvalue weighted by Crippen LogP contribution is -2.16. The number of esters is 1. The highest BCUT2D eigenvalue weighted by atomic mass is 16.5. The molecule has 2 atom stereocenters. The monoisotopic (exact) mass is 233 g/mol. The van der Waals surface area contributed by atoms with Crippen LogP contribution in [0.1, 0.15) is 30.6 Å². The van der Waals surface area contributed by atoms with E-state index in [0.717, 1.165) is 0 Å². The number of ether oxygens (including phenoxy) is 1. The number of rotatable bonds is 4. The van der Waals surface area contributed by atoms with Crippen molar-refractivity contribution in [3.8, 4) is 6.07 Å². The van der Waals surface area contributed by atoms with Crippen LogP contribution in [0.25, 0.3) is 0 Å². The largest absolute Gasteiger partial charge is 0.469 e. The van der Waals surface area contributed by atoms with Gasteiger partial charge >= 0.3 is 5.97 Å². The van der Waals surface area contributed by atoms with Crippen LogP contribution in [0, 0.1) is 17.2 Å². The van der Waals surface area contributed by atoms with Gasteiger partial charge in [0.1, 0.15) is 0 Å². The molecule has 4 nitrogen and oxygen atoms in total. The molecule has 17 heavy (non-hydrogen) atoms. The van der Waals surface area contributed by atoms with Crippen LogP contribution < -0.4 is 0 Å². The molecular formula is C13H15NO3. The summed E-state index contributed by atoms with van der Waals surface area (Å²) >= 11 is 0. The molecule has 0 heterocycles. The number of hydrogen-bond donors (Lipinski definition) is 1. The number of methoxy groups -OCH3 is 1. The second kappa shape index (κ2) is 6.02. The quantitative estimate of drug-likeness (QED) is 0.805. The molecule has 0 saturated carbocycles. The molecule has 0 bridgehead atoms. The Morgan fingerprint density at radius 1 is 1.53 bits per heavy atom. The van der Waals surface area contributed by atoms with Crippen LogP contribution >= 0.6 is 0 Å². The number of carbonyl (C=O) groups excluding carboxylic acids is 1. The number of aliphatic hydroxyl groups excluding tert-OH is 1. The SMILES string of the molecule is COC(=O)C(C)CC(O)c1ccccc1C#N. The van der Waals surface area contributed by atoms with Gasteiger partial charge < -0.3 is 9.84 Å². The van der Waals surface area contributed by atoms with Crippen molar-refractivity contribution >= 4 is 5.97 Å². The van der Waals surface area contributed by atoms with Crippen molar-refractivity contribution in [1.82, 2.24) is 0 Å². The third-order valence-electron chi connectivity index (χ3n) is 2.62. The Hall–Kier alpha value is -1.86. The summed E-state index contributed by atoms with van der Waals surface area (Å²) in [4.78, 5) is 11.2. The molecule has 1 rings (SSSR count). The standard InChI is InChI=1S/C13H15NO3/c1-9(13(16)17-2)7-12(15)11-6-4-3-5-10(11)8-14/h3-6,9,12,15H,7H2,1-2H3. The Bertz CT molecular complexity index is 437. The van der Waals surface area contributed by atoms with Gasteiger partial charge in [-0.2, -0.15) is 5.26 Å². The van der Waals surface area contributed by atoms with E-state index in [1.54, 1.807) is 31.2 Å². The molecule has 1 aromatic rings. The van der Waals surface area contributed by atoms with Crippen LogP contribution in [-0.2, 0) is 9.53 Å². The highest BCUT2D eigenvalue weighted by Crippen LogP contribution is 2.24. The van der Waals surface area contributed by atoms with Gasteiger partial charge in [0.05, 0.1) is 30.8 Å². The van der Waals surface area contributed by atoms with Gasteiger partial charge in [0, 0.05) is 0 Å². The van der Waals surface area contributed by atoms with E-state index in [0.29, 0.717) is 11.1 Å². The van der Waals surface area contributed by atoms with Crippen molar-refractivity contribution in [3.63, 3.8) is 0 Å². The zero-order valence-electron chi connectivity index (χ0n) is 9.88. The molecule has 0 radical (unpaired) electrons. The number of aliphatic hydroxyl groups is 1. The Morgan fingerprint density at radius 3 is 2.76 bits per heavy atom. The number of benzene rings is 1. The molecule has 0 aromatic heterocycles. The van der Waals surface area contributed by atoms with Crippen LogP contribution in [0.2, 0.25) is 0 Å². The summed E-state index contributed by atoms with van der Waals surface area (Å²) in [5.41, 5.74) is 0.975. The van der Waals surface area contributed by atoms with Crippen molar-refractivity contribution in [2.45, 2.75) is 19.4 Å². The maximum Gasteiger partial charge on any atom is 0.308 e. The summed E-state index contributed by atoms with van der Waals surface area (Å²) in [6.07, 6.45) is -0.592. The van der Waals surface area contributed by atoms with E-state index in [9.17, 15) is 9.90 Å². The zero-order chi connectivity index (χ0) is 12.8. The smallest absolute Gasteiger partial charge is 0.308 e. The molecule has 0 aliphatic rings. The normalized spacial score (nSPS) is 13.5. The summed E-state index contributed by atoms with van der Waals surface area (Å²) in [6.45, 7) is 1.68. The lowest BCUT2D eigenvalue weighted by Gasteiger charge is -2.15. The van der Waals surface area contributed by atoms with Gasteiger partial charge in [-0.3, -0.25) is 4.79 Å². The van der Waals surface area contributed by atoms with Gasteiger partial charge in [0.25, 0.3) is 0 Å². The van der Waals surface area contributed by atoms with E-state index < -0.39 is 12.0 Å². The van der Waals surface area contributed by atoms with Crippen LogP contribution in [0.15, 0.2) is 24.3 Å². The van der Waals surface area contributed by atoms with E-state index in [1.165, 1.54) is 7.11 Å². The first kappa shape index (κ1) is 13.2. The minimum absolute atomic E-state index is 0.241. The van der Waals surface area contributed by atoms with E-state index in [-0.39, 0.29) is 12.4 Å². The number of carbonyl (C=O) groups is 1. The minimum Gasteiger partial charge on any atom is -0.469 e. The van der Waals surface area contributed by atoms with Gasteiger partial charge in [-0.15, -0.1) is 0 Å². The van der Waals surface area contributed by atoms with Gasteiger partial charge in [-0.1, -0.05) is 25.1 Å². The topological polar surface area (TPSA) is 70.3 Å². The van der Waals surface area contributed by atoms with Gasteiger partial charge in [-0.05, 0) is 18.1 Å². The first-order chi connectivity index (χ1) is 8.10. The molecule has 0 fully saturated rings. The van der Waals surface area contributed by atoms with Gasteiger partial charge in [0.15, 0.2) is 0 Å². The van der Waals surface area contributed by atoms with Gasteiger partial charge in [0.2, 0.25) is 0 Å². The molecule has 4 heteroatoms. The van der Waals surface area contributed by atoms with Crippen molar-refractivity contribution in [1.29, 1.82) is 5.26 Å². The molecular weight excluding hydrogens is 218 g/mol. The van der Waals surface area contributed by atoms with Crippen molar-refractivity contribution in [2.75, 3.05) is 7.11 Å². The Balaban J connectivity index is 2.80. The van der Waals surface area contributed by atoms with E-state index in [2.05, 4.69) is 4.74 Å². The summed E-state index contributed by atoms with van der Waals surface area (Å²) in [5.74, 6) is -0.764. The molecule has 0 aliphatic heterocycles. The van der Waals surface area contributed by atoms with E-state index in [1.807, 2.05) is 6.07 Å². The Labute approximate surface area is 100 Å². The van der Waals surface area contributed by atoms with Crippen molar-refractivity contribution in [2.24, 2.45) is 5.92 Å². The fraction of sp³-hybridized carbons (Fsp3) is 0.385. The zero-order valence-corrected chi connectivity index (χ0v) is 9.88. The third-order valence-corrected chi connectivity index (χ3v) is 2.62.